The Bertz CT molecular complexity index is 932. The van der Waals surface area contributed by atoms with Crippen molar-refractivity contribution in [2.45, 2.75) is 18.3 Å². The van der Waals surface area contributed by atoms with E-state index >= 15 is 0 Å². The highest BCUT2D eigenvalue weighted by molar-refractivity contribution is 6.30. The minimum atomic E-state index is -0.782. The molecule has 4 nitrogen and oxygen atoms in total. The first-order chi connectivity index (χ1) is 12.1. The van der Waals surface area contributed by atoms with Crippen molar-refractivity contribution in [1.82, 2.24) is 9.78 Å². The van der Waals surface area contributed by atoms with Crippen LogP contribution in [0.2, 0.25) is 5.02 Å². The molecule has 0 bridgehead atoms. The van der Waals surface area contributed by atoms with Gasteiger partial charge in [0.05, 0.1) is 11.1 Å². The number of anilines is 1. The van der Waals surface area contributed by atoms with E-state index in [0.29, 0.717) is 29.2 Å². The van der Waals surface area contributed by atoms with E-state index in [1.54, 1.807) is 47.3 Å². The van der Waals surface area contributed by atoms with E-state index < -0.39 is 5.41 Å². The molecule has 25 heavy (non-hydrogen) atoms. The fourth-order valence-corrected chi connectivity index (χ4v) is 3.08. The smallest absolute Gasteiger partial charge is 0.236 e. The average Bonchev–Trinajstić information content (AvgIpc) is 3.29. The van der Waals surface area contributed by atoms with Crippen LogP contribution in [0.3, 0.4) is 0 Å². The molecule has 1 aliphatic rings. The van der Waals surface area contributed by atoms with Crippen LogP contribution < -0.4 is 5.32 Å². The van der Waals surface area contributed by atoms with Gasteiger partial charge in [0.15, 0.2) is 5.82 Å². The Morgan fingerprint density at radius 1 is 1.12 bits per heavy atom. The monoisotopic (exact) mass is 355 g/mol. The highest BCUT2D eigenvalue weighted by atomic mass is 35.5. The number of benzene rings is 2. The number of rotatable bonds is 4. The first kappa shape index (κ1) is 15.8. The standard InChI is InChI=1S/C19H15ClFN3O/c20-13-5-7-14(8-6-13)24-12-9-17(23-24)22-18(25)19(10-11-19)15-3-1-2-4-16(15)21/h1-9,12H,10-11H2,(H,22,23,25). The van der Waals surface area contributed by atoms with Crippen molar-refractivity contribution < 1.29 is 9.18 Å². The largest absolute Gasteiger partial charge is 0.308 e. The highest BCUT2D eigenvalue weighted by Crippen LogP contribution is 2.49. The minimum Gasteiger partial charge on any atom is -0.308 e. The molecule has 1 heterocycles. The molecule has 1 amide bonds. The average molecular weight is 356 g/mol. The molecular weight excluding hydrogens is 341 g/mol. The Kier molecular flexibility index (Phi) is 3.81. The van der Waals surface area contributed by atoms with Crippen molar-refractivity contribution >= 4 is 23.3 Å². The summed E-state index contributed by atoms with van der Waals surface area (Å²) >= 11 is 5.88. The summed E-state index contributed by atoms with van der Waals surface area (Å²) in [5, 5.41) is 7.81. The summed E-state index contributed by atoms with van der Waals surface area (Å²) in [7, 11) is 0. The minimum absolute atomic E-state index is 0.223. The van der Waals surface area contributed by atoms with Crippen LogP contribution >= 0.6 is 11.6 Å². The first-order valence-corrected chi connectivity index (χ1v) is 8.34. The van der Waals surface area contributed by atoms with E-state index in [9.17, 15) is 9.18 Å². The number of carbonyl (C=O) groups is 1. The molecule has 1 N–H and O–H groups in total. The third-order valence-corrected chi connectivity index (χ3v) is 4.75. The van der Waals surface area contributed by atoms with Gasteiger partial charge >= 0.3 is 0 Å². The van der Waals surface area contributed by atoms with Crippen LogP contribution in [-0.2, 0) is 10.2 Å². The number of hydrogen-bond acceptors (Lipinski definition) is 2. The molecule has 0 atom stereocenters. The van der Waals surface area contributed by atoms with Gasteiger partial charge in [0.1, 0.15) is 5.82 Å². The van der Waals surface area contributed by atoms with Crippen molar-refractivity contribution in [3.63, 3.8) is 0 Å². The second-order valence-corrected chi connectivity index (χ2v) is 6.57. The summed E-state index contributed by atoms with van der Waals surface area (Å²) in [5.41, 5.74) is 0.500. The van der Waals surface area contributed by atoms with E-state index in [2.05, 4.69) is 10.4 Å². The zero-order valence-electron chi connectivity index (χ0n) is 13.2. The maximum absolute atomic E-state index is 14.1. The van der Waals surface area contributed by atoms with Crippen LogP contribution in [0, 0.1) is 5.82 Å². The third kappa shape index (κ3) is 2.91. The lowest BCUT2D eigenvalue weighted by atomic mass is 9.94. The van der Waals surface area contributed by atoms with Crippen molar-refractivity contribution in [3.05, 3.63) is 77.2 Å². The number of halogens is 2. The van der Waals surface area contributed by atoms with Gasteiger partial charge < -0.3 is 5.32 Å². The maximum Gasteiger partial charge on any atom is 0.236 e. The van der Waals surface area contributed by atoms with Gasteiger partial charge in [0.25, 0.3) is 0 Å². The van der Waals surface area contributed by atoms with Crippen molar-refractivity contribution in [2.24, 2.45) is 0 Å². The Labute approximate surface area is 149 Å². The van der Waals surface area contributed by atoms with Crippen molar-refractivity contribution in [1.29, 1.82) is 0 Å². The van der Waals surface area contributed by atoms with E-state index in [4.69, 9.17) is 11.6 Å². The Morgan fingerprint density at radius 2 is 1.84 bits per heavy atom. The van der Waals surface area contributed by atoms with Crippen LogP contribution in [-0.4, -0.2) is 15.7 Å². The van der Waals surface area contributed by atoms with Gasteiger partial charge in [-0.05, 0) is 43.2 Å². The molecule has 1 saturated carbocycles. The molecule has 1 aromatic heterocycles. The summed E-state index contributed by atoms with van der Waals surface area (Å²) in [4.78, 5) is 12.7. The second-order valence-electron chi connectivity index (χ2n) is 6.14. The van der Waals surface area contributed by atoms with Crippen LogP contribution in [0.5, 0.6) is 0 Å². The quantitative estimate of drug-likeness (QED) is 0.757. The molecule has 2 aromatic carbocycles. The molecule has 0 saturated heterocycles. The van der Waals surface area contributed by atoms with Crippen molar-refractivity contribution in [3.8, 4) is 5.69 Å². The maximum atomic E-state index is 14.1. The number of carbonyl (C=O) groups excluding carboxylic acids is 1. The summed E-state index contributed by atoms with van der Waals surface area (Å²) in [5.74, 6) is -0.136. The molecule has 1 aliphatic carbocycles. The lowest BCUT2D eigenvalue weighted by Crippen LogP contribution is -2.29. The molecular formula is C19H15ClFN3O. The van der Waals surface area contributed by atoms with Gasteiger partial charge in [-0.15, -0.1) is 0 Å². The van der Waals surface area contributed by atoms with Crippen molar-refractivity contribution in [2.75, 3.05) is 5.32 Å². The number of hydrogen-bond donors (Lipinski definition) is 1. The Hall–Kier alpha value is -2.66. The summed E-state index contributed by atoms with van der Waals surface area (Å²) in [6, 6.07) is 15.4. The van der Waals surface area contributed by atoms with Gasteiger partial charge in [-0.2, -0.15) is 5.10 Å². The molecule has 4 rings (SSSR count). The number of amides is 1. The SMILES string of the molecule is O=C(Nc1ccn(-c2ccc(Cl)cc2)n1)C1(c2ccccc2F)CC1. The lowest BCUT2D eigenvalue weighted by molar-refractivity contribution is -0.118. The predicted molar refractivity (Wildman–Crippen MR) is 94.5 cm³/mol. The predicted octanol–water partition coefficient (Wildman–Crippen LogP) is 4.34. The molecule has 3 aromatic rings. The Morgan fingerprint density at radius 3 is 2.52 bits per heavy atom. The summed E-state index contributed by atoms with van der Waals surface area (Å²) in [6.07, 6.45) is 3.02. The fourth-order valence-electron chi connectivity index (χ4n) is 2.96. The van der Waals surface area contributed by atoms with Gasteiger partial charge in [0, 0.05) is 22.8 Å². The van der Waals surface area contributed by atoms with Crippen LogP contribution in [0.25, 0.3) is 5.69 Å². The highest BCUT2D eigenvalue weighted by Gasteiger charge is 2.52. The van der Waals surface area contributed by atoms with Crippen LogP contribution in [0.1, 0.15) is 18.4 Å². The van der Waals surface area contributed by atoms with Gasteiger partial charge in [-0.25, -0.2) is 9.07 Å². The number of nitrogens with one attached hydrogen (secondary N) is 1. The topological polar surface area (TPSA) is 46.9 Å². The number of nitrogens with zero attached hydrogens (tertiary/aromatic N) is 2. The Balaban J connectivity index is 1.54. The summed E-state index contributed by atoms with van der Waals surface area (Å²) < 4.78 is 15.7. The van der Waals surface area contributed by atoms with E-state index in [1.165, 1.54) is 6.07 Å². The molecule has 0 radical (unpaired) electrons. The van der Waals surface area contributed by atoms with Crippen LogP contribution in [0.4, 0.5) is 10.2 Å². The van der Waals surface area contributed by atoms with Gasteiger partial charge in [-0.1, -0.05) is 29.8 Å². The number of aromatic nitrogens is 2. The van der Waals surface area contributed by atoms with Gasteiger partial charge in [0.2, 0.25) is 5.91 Å². The lowest BCUT2D eigenvalue weighted by Gasteiger charge is -2.15. The zero-order chi connectivity index (χ0) is 17.4. The van der Waals surface area contributed by atoms with E-state index in [0.717, 1.165) is 5.69 Å². The van der Waals surface area contributed by atoms with E-state index in [1.807, 2.05) is 12.1 Å². The second kappa shape index (κ2) is 6.01. The molecule has 0 unspecified atom stereocenters. The third-order valence-electron chi connectivity index (χ3n) is 4.50. The summed E-state index contributed by atoms with van der Waals surface area (Å²) in [6.45, 7) is 0. The van der Waals surface area contributed by atoms with E-state index in [-0.39, 0.29) is 11.7 Å². The zero-order valence-corrected chi connectivity index (χ0v) is 14.0. The molecule has 126 valence electrons. The molecule has 0 spiro atoms. The van der Waals surface area contributed by atoms with Gasteiger partial charge in [-0.3, -0.25) is 4.79 Å². The normalized spacial score (nSPS) is 15.0. The fraction of sp³-hybridized carbons (Fsp3) is 0.158. The molecule has 0 aliphatic heterocycles. The van der Waals surface area contributed by atoms with Crippen LogP contribution in [0.15, 0.2) is 60.8 Å². The molecule has 6 heteroatoms. The first-order valence-electron chi connectivity index (χ1n) is 7.97. The molecule has 1 fully saturated rings.